The van der Waals surface area contributed by atoms with Gasteiger partial charge in [0.1, 0.15) is 5.78 Å². The van der Waals surface area contributed by atoms with Crippen molar-refractivity contribution in [2.75, 3.05) is 6.54 Å². The Bertz CT molecular complexity index is 196. The first kappa shape index (κ1) is 13.4. The molecule has 0 radical (unpaired) electrons. The first-order valence-corrected chi connectivity index (χ1v) is 5.31. The number of ketones is 1. The Morgan fingerprint density at radius 1 is 1.43 bits per heavy atom. The molecular weight excluding hydrogens is 174 g/mol. The molecular formula is C12H23NO. The quantitative estimate of drug-likeness (QED) is 0.637. The fourth-order valence-corrected chi connectivity index (χ4v) is 1.66. The van der Waals surface area contributed by atoms with Crippen LogP contribution in [0.1, 0.15) is 40.0 Å². The third-order valence-corrected chi connectivity index (χ3v) is 2.15. The van der Waals surface area contributed by atoms with Gasteiger partial charge in [-0.3, -0.25) is 4.79 Å². The van der Waals surface area contributed by atoms with Gasteiger partial charge < -0.3 is 5.73 Å². The number of carbonyl (C=O) groups excluding carboxylic acids is 1. The van der Waals surface area contributed by atoms with E-state index in [1.165, 1.54) is 0 Å². The summed E-state index contributed by atoms with van der Waals surface area (Å²) in [6.45, 7) is 10.6. The van der Waals surface area contributed by atoms with Gasteiger partial charge in [-0.1, -0.05) is 26.0 Å². The zero-order chi connectivity index (χ0) is 11.1. The largest absolute Gasteiger partial charge is 0.330 e. The molecule has 0 aromatic rings. The van der Waals surface area contributed by atoms with Crippen LogP contribution < -0.4 is 5.73 Å². The number of Topliss-reactive ketones (excluding diaryl/α,β-unsaturated/α-hetero) is 1. The van der Waals surface area contributed by atoms with Crippen LogP contribution in [0.25, 0.3) is 0 Å². The third-order valence-electron chi connectivity index (χ3n) is 2.15. The summed E-state index contributed by atoms with van der Waals surface area (Å²) in [5, 5.41) is 0. The van der Waals surface area contributed by atoms with Crippen molar-refractivity contribution in [2.24, 2.45) is 17.6 Å². The zero-order valence-electron chi connectivity index (χ0n) is 9.68. The molecule has 0 aromatic heterocycles. The van der Waals surface area contributed by atoms with Gasteiger partial charge in [-0.05, 0) is 31.7 Å². The summed E-state index contributed by atoms with van der Waals surface area (Å²) < 4.78 is 0. The fourth-order valence-electron chi connectivity index (χ4n) is 1.66. The van der Waals surface area contributed by atoms with Gasteiger partial charge in [0.05, 0.1) is 0 Å². The molecule has 0 aromatic carbocycles. The molecule has 2 N–H and O–H groups in total. The van der Waals surface area contributed by atoms with Crippen molar-refractivity contribution < 1.29 is 4.79 Å². The average Bonchev–Trinajstić information content (AvgIpc) is 2.00. The van der Waals surface area contributed by atoms with Crippen LogP contribution in [0, 0.1) is 11.8 Å². The minimum Gasteiger partial charge on any atom is -0.330 e. The summed E-state index contributed by atoms with van der Waals surface area (Å²) in [7, 11) is 0. The van der Waals surface area contributed by atoms with E-state index in [9.17, 15) is 4.79 Å². The second-order valence-corrected chi connectivity index (χ2v) is 4.61. The van der Waals surface area contributed by atoms with Crippen LogP contribution in [-0.2, 0) is 4.79 Å². The monoisotopic (exact) mass is 197 g/mol. The molecule has 0 saturated heterocycles. The van der Waals surface area contributed by atoms with Gasteiger partial charge in [0, 0.05) is 12.8 Å². The Morgan fingerprint density at radius 2 is 2.00 bits per heavy atom. The normalized spacial score (nSPS) is 12.9. The lowest BCUT2D eigenvalue weighted by molar-refractivity contribution is -0.119. The molecule has 2 heteroatoms. The van der Waals surface area contributed by atoms with Gasteiger partial charge in [-0.15, -0.1) is 0 Å². The van der Waals surface area contributed by atoms with Crippen LogP contribution in [0.5, 0.6) is 0 Å². The molecule has 0 aliphatic heterocycles. The van der Waals surface area contributed by atoms with Crippen molar-refractivity contribution in [3.8, 4) is 0 Å². The molecule has 0 fully saturated rings. The second-order valence-electron chi connectivity index (χ2n) is 4.61. The first-order valence-electron chi connectivity index (χ1n) is 5.31. The maximum absolute atomic E-state index is 11.5. The lowest BCUT2D eigenvalue weighted by Gasteiger charge is -2.15. The van der Waals surface area contributed by atoms with Gasteiger partial charge in [0.25, 0.3) is 0 Å². The minimum absolute atomic E-state index is 0.272. The van der Waals surface area contributed by atoms with Crippen molar-refractivity contribution >= 4 is 5.78 Å². The van der Waals surface area contributed by atoms with Gasteiger partial charge in [-0.25, -0.2) is 0 Å². The molecule has 2 nitrogen and oxygen atoms in total. The number of nitrogens with two attached hydrogens (primary N) is 1. The molecule has 1 atom stereocenters. The summed E-state index contributed by atoms with van der Waals surface area (Å²) in [5.41, 5.74) is 6.57. The number of carbonyl (C=O) groups is 1. The van der Waals surface area contributed by atoms with Crippen LogP contribution in [0.2, 0.25) is 0 Å². The molecule has 0 saturated carbocycles. The van der Waals surface area contributed by atoms with E-state index in [4.69, 9.17) is 5.73 Å². The lowest BCUT2D eigenvalue weighted by Crippen LogP contribution is -2.20. The SMILES string of the molecule is C=C(C)CC(=O)CC(CN)CC(C)C. The summed E-state index contributed by atoms with van der Waals surface area (Å²) in [6.07, 6.45) is 2.16. The molecule has 0 aliphatic carbocycles. The molecule has 0 spiro atoms. The summed E-state index contributed by atoms with van der Waals surface area (Å²) in [6, 6.07) is 0. The fraction of sp³-hybridized carbons (Fsp3) is 0.750. The molecule has 0 heterocycles. The van der Waals surface area contributed by atoms with E-state index in [1.807, 2.05) is 6.92 Å². The molecule has 0 amide bonds. The Hall–Kier alpha value is -0.630. The molecule has 0 aliphatic rings. The van der Waals surface area contributed by atoms with Gasteiger partial charge in [0.2, 0.25) is 0 Å². The Kier molecular flexibility index (Phi) is 6.46. The zero-order valence-corrected chi connectivity index (χ0v) is 9.68. The smallest absolute Gasteiger partial charge is 0.137 e. The van der Waals surface area contributed by atoms with E-state index >= 15 is 0 Å². The predicted molar refractivity (Wildman–Crippen MR) is 61.1 cm³/mol. The van der Waals surface area contributed by atoms with E-state index in [-0.39, 0.29) is 5.78 Å². The average molecular weight is 197 g/mol. The Balaban J connectivity index is 3.92. The van der Waals surface area contributed by atoms with Crippen LogP contribution in [0.4, 0.5) is 0 Å². The Morgan fingerprint density at radius 3 is 2.36 bits per heavy atom. The highest BCUT2D eigenvalue weighted by atomic mass is 16.1. The van der Waals surface area contributed by atoms with Gasteiger partial charge in [0.15, 0.2) is 0 Å². The topological polar surface area (TPSA) is 43.1 Å². The highest BCUT2D eigenvalue weighted by molar-refractivity contribution is 5.80. The van der Waals surface area contributed by atoms with Crippen LogP contribution in [0.15, 0.2) is 12.2 Å². The van der Waals surface area contributed by atoms with Crippen LogP contribution in [-0.4, -0.2) is 12.3 Å². The van der Waals surface area contributed by atoms with E-state index in [1.54, 1.807) is 0 Å². The lowest BCUT2D eigenvalue weighted by atomic mass is 9.91. The van der Waals surface area contributed by atoms with Crippen molar-refractivity contribution in [3.63, 3.8) is 0 Å². The van der Waals surface area contributed by atoms with Crippen molar-refractivity contribution in [2.45, 2.75) is 40.0 Å². The highest BCUT2D eigenvalue weighted by Gasteiger charge is 2.13. The molecule has 14 heavy (non-hydrogen) atoms. The van der Waals surface area contributed by atoms with Crippen molar-refractivity contribution in [3.05, 3.63) is 12.2 Å². The van der Waals surface area contributed by atoms with E-state index < -0.39 is 0 Å². The van der Waals surface area contributed by atoms with Crippen LogP contribution in [0.3, 0.4) is 0 Å². The maximum atomic E-state index is 11.5. The third kappa shape index (κ3) is 6.84. The maximum Gasteiger partial charge on any atom is 0.137 e. The van der Waals surface area contributed by atoms with Crippen LogP contribution >= 0.6 is 0 Å². The second kappa shape index (κ2) is 6.77. The molecule has 82 valence electrons. The van der Waals surface area contributed by atoms with Gasteiger partial charge >= 0.3 is 0 Å². The highest BCUT2D eigenvalue weighted by Crippen LogP contribution is 2.16. The summed E-state index contributed by atoms with van der Waals surface area (Å²) in [5.74, 6) is 1.23. The Labute approximate surface area is 87.6 Å². The number of hydrogen-bond donors (Lipinski definition) is 1. The predicted octanol–water partition coefficient (Wildman–Crippen LogP) is 2.53. The molecule has 0 rings (SSSR count). The molecule has 1 unspecified atom stereocenters. The van der Waals surface area contributed by atoms with Crippen molar-refractivity contribution in [1.29, 1.82) is 0 Å². The van der Waals surface area contributed by atoms with E-state index in [0.717, 1.165) is 12.0 Å². The van der Waals surface area contributed by atoms with Gasteiger partial charge in [-0.2, -0.15) is 0 Å². The van der Waals surface area contributed by atoms with E-state index in [2.05, 4.69) is 20.4 Å². The standard InChI is InChI=1S/C12H23NO/c1-9(2)5-11(8-13)7-12(14)6-10(3)4/h9,11H,3,5-8,13H2,1-2,4H3. The van der Waals surface area contributed by atoms with E-state index in [0.29, 0.717) is 31.2 Å². The summed E-state index contributed by atoms with van der Waals surface area (Å²) >= 11 is 0. The minimum atomic E-state index is 0.272. The van der Waals surface area contributed by atoms with Crippen molar-refractivity contribution in [1.82, 2.24) is 0 Å². The first-order chi connectivity index (χ1) is 6.45. The number of hydrogen-bond acceptors (Lipinski definition) is 2. The summed E-state index contributed by atoms with van der Waals surface area (Å²) in [4.78, 5) is 11.5. The number of rotatable bonds is 7. The molecule has 0 bridgehead atoms. The number of allylic oxidation sites excluding steroid dienone is 1.